The minimum absolute atomic E-state index is 0.105. The summed E-state index contributed by atoms with van der Waals surface area (Å²) in [5.41, 5.74) is 2.46. The summed E-state index contributed by atoms with van der Waals surface area (Å²) in [6.07, 6.45) is 3.07. The Bertz CT molecular complexity index is 869. The number of benzene rings is 1. The van der Waals surface area contributed by atoms with Gasteiger partial charge in [-0.1, -0.05) is 12.4 Å². The number of hydrogen-bond acceptors (Lipinski definition) is 5. The van der Waals surface area contributed by atoms with Gasteiger partial charge < -0.3 is 18.9 Å². The number of methoxy groups -OCH3 is 2. The normalized spacial score (nSPS) is 14.3. The summed E-state index contributed by atoms with van der Waals surface area (Å²) in [7, 11) is 15.4. The number of fused-ring (bicyclic) bond motifs is 1. The van der Waals surface area contributed by atoms with Crippen LogP contribution in [-0.2, 0) is 11.2 Å². The molecule has 3 rings (SSSR count). The van der Waals surface area contributed by atoms with E-state index in [2.05, 4.69) is 4.98 Å². The number of hydrogen-bond donors (Lipinski definition) is 0. The van der Waals surface area contributed by atoms with E-state index in [0.29, 0.717) is 24.4 Å². The molecule has 2 heterocycles. The van der Waals surface area contributed by atoms with Crippen molar-refractivity contribution in [3.8, 4) is 5.75 Å². The zero-order valence-corrected chi connectivity index (χ0v) is 15.4. The number of nitrogens with zero attached hydrogens (tertiary/aromatic N) is 3. The molecule has 0 saturated carbocycles. The fraction of sp³-hybridized carbons (Fsp3) is 0.444. The Kier molecular flexibility index (Phi) is 5.41. The Hall–Kier alpha value is -2.21. The lowest BCUT2D eigenvalue weighted by atomic mass is 9.91. The molecule has 1 atom stereocenters. The third-order valence-corrected chi connectivity index (χ3v) is 4.71. The highest BCUT2D eigenvalue weighted by molar-refractivity contribution is 6.36. The summed E-state index contributed by atoms with van der Waals surface area (Å²) in [5, 5.41) is 0. The van der Waals surface area contributed by atoms with E-state index < -0.39 is 0 Å². The second-order valence-electron chi connectivity index (χ2n) is 6.35. The largest absolute Gasteiger partial charge is 0.497 e. The predicted octanol–water partition coefficient (Wildman–Crippen LogP) is 0.131. The SMILES string of the molecule is [B]c1cn([C@H](CC)COC)c(=O)c(N2CCc3cc(OC)cc([B])c32)n1. The van der Waals surface area contributed by atoms with Crippen molar-refractivity contribution in [1.82, 2.24) is 9.55 Å². The smallest absolute Gasteiger partial charge is 0.294 e. The lowest BCUT2D eigenvalue weighted by Gasteiger charge is -2.24. The van der Waals surface area contributed by atoms with E-state index in [1.54, 1.807) is 31.0 Å². The first kappa shape index (κ1) is 18.6. The maximum atomic E-state index is 13.1. The molecule has 0 spiro atoms. The van der Waals surface area contributed by atoms with Crippen molar-refractivity contribution in [3.63, 3.8) is 0 Å². The second-order valence-corrected chi connectivity index (χ2v) is 6.35. The highest BCUT2D eigenvalue weighted by Gasteiger charge is 2.27. The van der Waals surface area contributed by atoms with Crippen LogP contribution in [0.5, 0.6) is 5.75 Å². The second kappa shape index (κ2) is 7.58. The van der Waals surface area contributed by atoms with E-state index in [-0.39, 0.29) is 23.0 Å². The van der Waals surface area contributed by atoms with Gasteiger partial charge in [0.2, 0.25) is 0 Å². The molecule has 6 nitrogen and oxygen atoms in total. The van der Waals surface area contributed by atoms with Gasteiger partial charge in [-0.3, -0.25) is 4.79 Å². The van der Waals surface area contributed by atoms with Crippen molar-refractivity contribution in [2.75, 3.05) is 32.3 Å². The molecule has 0 saturated heterocycles. The third kappa shape index (κ3) is 3.26. The maximum absolute atomic E-state index is 13.1. The zero-order chi connectivity index (χ0) is 18.8. The summed E-state index contributed by atoms with van der Waals surface area (Å²) < 4.78 is 12.1. The summed E-state index contributed by atoms with van der Waals surface area (Å²) >= 11 is 0. The quantitative estimate of drug-likeness (QED) is 0.695. The van der Waals surface area contributed by atoms with Gasteiger partial charge in [-0.05, 0) is 30.5 Å². The van der Waals surface area contributed by atoms with Crippen LogP contribution in [0.1, 0.15) is 24.9 Å². The molecule has 1 aliphatic heterocycles. The Morgan fingerprint density at radius 2 is 2.08 bits per heavy atom. The van der Waals surface area contributed by atoms with Crippen LogP contribution in [0.3, 0.4) is 0 Å². The molecule has 26 heavy (non-hydrogen) atoms. The van der Waals surface area contributed by atoms with Gasteiger partial charge in [0, 0.05) is 31.1 Å². The minimum Gasteiger partial charge on any atom is -0.497 e. The van der Waals surface area contributed by atoms with Crippen LogP contribution >= 0.6 is 0 Å². The molecule has 0 aliphatic carbocycles. The molecule has 1 aliphatic rings. The van der Waals surface area contributed by atoms with Crippen LogP contribution < -0.4 is 26.3 Å². The molecule has 1 aromatic heterocycles. The number of aromatic nitrogens is 2. The molecule has 0 N–H and O–H groups in total. The molecule has 4 radical (unpaired) electrons. The number of rotatable bonds is 6. The van der Waals surface area contributed by atoms with Gasteiger partial charge in [0.15, 0.2) is 5.82 Å². The van der Waals surface area contributed by atoms with Crippen LogP contribution in [0.2, 0.25) is 0 Å². The molecule has 0 unspecified atom stereocenters. The molecule has 0 bridgehead atoms. The zero-order valence-electron chi connectivity index (χ0n) is 15.4. The first-order valence-corrected chi connectivity index (χ1v) is 8.61. The highest BCUT2D eigenvalue weighted by Crippen LogP contribution is 2.32. The minimum atomic E-state index is -0.203. The molecule has 1 aromatic carbocycles. The first-order valence-electron chi connectivity index (χ1n) is 8.61. The molecule has 0 fully saturated rings. The van der Waals surface area contributed by atoms with Gasteiger partial charge in [0.25, 0.3) is 5.56 Å². The van der Waals surface area contributed by atoms with E-state index in [4.69, 9.17) is 25.2 Å². The maximum Gasteiger partial charge on any atom is 0.294 e. The van der Waals surface area contributed by atoms with Gasteiger partial charge in [0.05, 0.1) is 19.8 Å². The topological polar surface area (TPSA) is 56.6 Å². The molecular formula is C18H21B2N3O3. The Morgan fingerprint density at radius 1 is 1.31 bits per heavy atom. The van der Waals surface area contributed by atoms with Gasteiger partial charge in [-0.15, -0.1) is 0 Å². The van der Waals surface area contributed by atoms with Gasteiger partial charge >= 0.3 is 0 Å². The van der Waals surface area contributed by atoms with Crippen LogP contribution in [0.25, 0.3) is 0 Å². The monoisotopic (exact) mass is 349 g/mol. The van der Waals surface area contributed by atoms with Gasteiger partial charge in [0.1, 0.15) is 21.4 Å². The Balaban J connectivity index is 2.10. The van der Waals surface area contributed by atoms with Crippen LogP contribution in [0.15, 0.2) is 23.1 Å². The van der Waals surface area contributed by atoms with Gasteiger partial charge in [-0.25, -0.2) is 4.98 Å². The van der Waals surface area contributed by atoms with E-state index in [1.807, 2.05) is 17.9 Å². The lowest BCUT2D eigenvalue weighted by molar-refractivity contribution is 0.151. The summed E-state index contributed by atoms with van der Waals surface area (Å²) in [6, 6.07) is 3.59. The summed E-state index contributed by atoms with van der Waals surface area (Å²) in [6.45, 7) is 3.04. The fourth-order valence-electron chi connectivity index (χ4n) is 3.43. The van der Waals surface area contributed by atoms with Crippen molar-refractivity contribution in [2.45, 2.75) is 25.8 Å². The summed E-state index contributed by atoms with van der Waals surface area (Å²) in [5.74, 6) is 0.988. The molecular weight excluding hydrogens is 328 g/mol. The van der Waals surface area contributed by atoms with Crippen molar-refractivity contribution < 1.29 is 9.47 Å². The van der Waals surface area contributed by atoms with Crippen molar-refractivity contribution in [1.29, 1.82) is 0 Å². The average Bonchev–Trinajstić information content (AvgIpc) is 3.05. The van der Waals surface area contributed by atoms with Crippen LogP contribution in [0.4, 0.5) is 11.5 Å². The predicted molar refractivity (Wildman–Crippen MR) is 104 cm³/mol. The van der Waals surface area contributed by atoms with Gasteiger partial charge in [-0.2, -0.15) is 0 Å². The number of anilines is 2. The molecule has 132 valence electrons. The van der Waals surface area contributed by atoms with Crippen molar-refractivity contribution in [3.05, 3.63) is 34.2 Å². The van der Waals surface area contributed by atoms with E-state index in [1.165, 1.54) is 0 Å². The lowest BCUT2D eigenvalue weighted by Crippen LogP contribution is -2.37. The summed E-state index contributed by atoms with van der Waals surface area (Å²) in [4.78, 5) is 19.3. The molecule has 8 heteroatoms. The van der Waals surface area contributed by atoms with Crippen molar-refractivity contribution in [2.24, 2.45) is 0 Å². The average molecular weight is 349 g/mol. The Labute approximate surface area is 156 Å². The van der Waals surface area contributed by atoms with Crippen molar-refractivity contribution >= 4 is 38.3 Å². The van der Waals surface area contributed by atoms with E-state index in [0.717, 1.165) is 24.1 Å². The fourth-order valence-corrected chi connectivity index (χ4v) is 3.43. The highest BCUT2D eigenvalue weighted by atomic mass is 16.5. The standard InChI is InChI=1S/C18H21B2N3O3/c1-4-12(10-25-2)23-9-15(20)21-17(18(23)24)22-6-5-11-7-13(26-3)8-14(19)16(11)22/h7-9,12H,4-6,10H2,1-3H3/t12-/m1/s1. The Morgan fingerprint density at radius 3 is 2.73 bits per heavy atom. The third-order valence-electron chi connectivity index (χ3n) is 4.71. The molecule has 0 amide bonds. The number of ether oxygens (including phenoxy) is 2. The van der Waals surface area contributed by atoms with E-state index in [9.17, 15) is 4.79 Å². The van der Waals surface area contributed by atoms with Crippen LogP contribution in [0, 0.1) is 0 Å². The first-order chi connectivity index (χ1) is 12.5. The van der Waals surface area contributed by atoms with Crippen LogP contribution in [-0.4, -0.2) is 52.6 Å². The molecule has 2 aromatic rings. The van der Waals surface area contributed by atoms with E-state index >= 15 is 0 Å².